The lowest BCUT2D eigenvalue weighted by Gasteiger charge is -2.10. The zero-order chi connectivity index (χ0) is 13.3. The van der Waals surface area contributed by atoms with E-state index in [0.717, 1.165) is 24.8 Å². The summed E-state index contributed by atoms with van der Waals surface area (Å²) in [5, 5.41) is 0. The van der Waals surface area contributed by atoms with Crippen molar-refractivity contribution < 1.29 is 9.53 Å². The molecule has 2 nitrogen and oxygen atoms in total. The minimum absolute atomic E-state index is 0.158. The molecule has 0 rings (SSSR count). The van der Waals surface area contributed by atoms with E-state index < -0.39 is 0 Å². The minimum atomic E-state index is -0.158. The molecule has 0 N–H and O–H groups in total. The smallest absolute Gasteiger partial charge is 0.309 e. The van der Waals surface area contributed by atoms with Gasteiger partial charge in [-0.15, -0.1) is 0 Å². The van der Waals surface area contributed by atoms with Gasteiger partial charge >= 0.3 is 5.97 Å². The molecule has 0 spiro atoms. The van der Waals surface area contributed by atoms with Crippen LogP contribution in [0.4, 0.5) is 0 Å². The molecule has 0 amide bonds. The third-order valence-corrected chi connectivity index (χ3v) is 2.53. The molecule has 0 aromatic carbocycles. The molecule has 0 heterocycles. The van der Waals surface area contributed by atoms with E-state index in [1.54, 1.807) is 0 Å². The van der Waals surface area contributed by atoms with Gasteiger partial charge in [0, 0.05) is 0 Å². The first-order chi connectivity index (χ1) is 7.91. The van der Waals surface area contributed by atoms with E-state index in [0.29, 0.717) is 18.9 Å². The first-order valence-corrected chi connectivity index (χ1v) is 6.35. The summed E-state index contributed by atoms with van der Waals surface area (Å²) < 4.78 is 5.14. The summed E-state index contributed by atoms with van der Waals surface area (Å²) in [6.07, 6.45) is 5.81. The van der Waals surface area contributed by atoms with Crippen LogP contribution in [0.3, 0.4) is 0 Å². The van der Waals surface area contributed by atoms with E-state index in [1.807, 2.05) is 6.92 Å². The number of rotatable bonds is 8. The lowest BCUT2D eigenvalue weighted by Crippen LogP contribution is -2.08. The molecule has 0 bridgehead atoms. The summed E-state index contributed by atoms with van der Waals surface area (Å²) in [7, 11) is 0. The monoisotopic (exact) mass is 238 g/mol. The SMILES string of the molecule is C=C(C)CC(=O)OCCC(C)CCC=C(C)C. The van der Waals surface area contributed by atoms with Crippen molar-refractivity contribution in [1.29, 1.82) is 0 Å². The molecule has 2 heteroatoms. The third kappa shape index (κ3) is 11.2. The van der Waals surface area contributed by atoms with Crippen LogP contribution in [0.1, 0.15) is 53.4 Å². The summed E-state index contributed by atoms with van der Waals surface area (Å²) >= 11 is 0. The van der Waals surface area contributed by atoms with Gasteiger partial charge in [-0.05, 0) is 46.0 Å². The molecule has 98 valence electrons. The predicted octanol–water partition coefficient (Wildman–Crippen LogP) is 4.27. The van der Waals surface area contributed by atoms with Gasteiger partial charge in [0.15, 0.2) is 0 Å². The fourth-order valence-corrected chi connectivity index (χ4v) is 1.47. The van der Waals surface area contributed by atoms with E-state index in [-0.39, 0.29) is 5.97 Å². The van der Waals surface area contributed by atoms with Crippen LogP contribution in [0.25, 0.3) is 0 Å². The average Bonchev–Trinajstić information content (AvgIpc) is 2.15. The molecule has 0 aromatic heterocycles. The first-order valence-electron chi connectivity index (χ1n) is 6.35. The molecule has 0 aliphatic rings. The highest BCUT2D eigenvalue weighted by atomic mass is 16.5. The van der Waals surface area contributed by atoms with Gasteiger partial charge in [0.05, 0.1) is 13.0 Å². The summed E-state index contributed by atoms with van der Waals surface area (Å²) in [6.45, 7) is 12.5. The van der Waals surface area contributed by atoms with Gasteiger partial charge in [0.1, 0.15) is 0 Å². The second-order valence-corrected chi connectivity index (χ2v) is 5.11. The lowest BCUT2D eigenvalue weighted by molar-refractivity contribution is -0.143. The van der Waals surface area contributed by atoms with E-state index in [4.69, 9.17) is 4.74 Å². The summed E-state index contributed by atoms with van der Waals surface area (Å²) in [5.41, 5.74) is 2.22. The van der Waals surface area contributed by atoms with Gasteiger partial charge in [-0.1, -0.05) is 30.7 Å². The molecule has 17 heavy (non-hydrogen) atoms. The van der Waals surface area contributed by atoms with Crippen molar-refractivity contribution in [3.05, 3.63) is 23.8 Å². The van der Waals surface area contributed by atoms with Crippen molar-refractivity contribution in [1.82, 2.24) is 0 Å². The van der Waals surface area contributed by atoms with Gasteiger partial charge in [-0.25, -0.2) is 0 Å². The lowest BCUT2D eigenvalue weighted by atomic mass is 10.0. The van der Waals surface area contributed by atoms with Crippen molar-refractivity contribution >= 4 is 5.97 Å². The summed E-state index contributed by atoms with van der Waals surface area (Å²) in [4.78, 5) is 11.2. The number of allylic oxidation sites excluding steroid dienone is 2. The molecule has 0 saturated carbocycles. The van der Waals surface area contributed by atoms with Gasteiger partial charge in [-0.3, -0.25) is 4.79 Å². The van der Waals surface area contributed by atoms with Crippen LogP contribution in [0.15, 0.2) is 23.8 Å². The van der Waals surface area contributed by atoms with Crippen LogP contribution in [-0.2, 0) is 9.53 Å². The second-order valence-electron chi connectivity index (χ2n) is 5.11. The molecule has 0 radical (unpaired) electrons. The average molecular weight is 238 g/mol. The molecule has 0 aliphatic heterocycles. The molecular weight excluding hydrogens is 212 g/mol. The standard InChI is InChI=1S/C15H26O2/c1-12(2)7-6-8-14(5)9-10-17-15(16)11-13(3)4/h7,14H,3,6,8-11H2,1-2,4-5H3. The maximum atomic E-state index is 11.2. The molecule has 1 unspecified atom stereocenters. The number of ether oxygens (including phenoxy) is 1. The van der Waals surface area contributed by atoms with Crippen molar-refractivity contribution in [3.63, 3.8) is 0 Å². The highest BCUT2D eigenvalue weighted by molar-refractivity contribution is 5.72. The Balaban J connectivity index is 3.57. The maximum absolute atomic E-state index is 11.2. The predicted molar refractivity (Wildman–Crippen MR) is 72.8 cm³/mol. The van der Waals surface area contributed by atoms with E-state index in [9.17, 15) is 4.79 Å². The van der Waals surface area contributed by atoms with E-state index >= 15 is 0 Å². The van der Waals surface area contributed by atoms with Crippen LogP contribution in [0.2, 0.25) is 0 Å². The summed E-state index contributed by atoms with van der Waals surface area (Å²) in [6, 6.07) is 0. The topological polar surface area (TPSA) is 26.3 Å². The van der Waals surface area contributed by atoms with Gasteiger partial charge in [-0.2, -0.15) is 0 Å². The van der Waals surface area contributed by atoms with E-state index in [2.05, 4.69) is 33.4 Å². The normalized spacial score (nSPS) is 11.8. The fourth-order valence-electron chi connectivity index (χ4n) is 1.47. The van der Waals surface area contributed by atoms with Gasteiger partial charge in [0.2, 0.25) is 0 Å². The highest BCUT2D eigenvalue weighted by Gasteiger charge is 2.05. The number of esters is 1. The van der Waals surface area contributed by atoms with Crippen molar-refractivity contribution in [3.8, 4) is 0 Å². The van der Waals surface area contributed by atoms with Crippen LogP contribution in [-0.4, -0.2) is 12.6 Å². The highest BCUT2D eigenvalue weighted by Crippen LogP contribution is 2.12. The molecule has 0 aromatic rings. The Hall–Kier alpha value is -1.05. The zero-order valence-electron chi connectivity index (χ0n) is 11.7. The quantitative estimate of drug-likeness (QED) is 0.466. The van der Waals surface area contributed by atoms with Gasteiger partial charge < -0.3 is 4.74 Å². The van der Waals surface area contributed by atoms with Crippen LogP contribution < -0.4 is 0 Å². The Morgan fingerprint density at radius 2 is 1.94 bits per heavy atom. The zero-order valence-corrected chi connectivity index (χ0v) is 11.7. The third-order valence-electron chi connectivity index (χ3n) is 2.53. The van der Waals surface area contributed by atoms with Crippen molar-refractivity contribution in [2.45, 2.75) is 53.4 Å². The van der Waals surface area contributed by atoms with Crippen LogP contribution in [0, 0.1) is 5.92 Å². The molecule has 0 saturated heterocycles. The minimum Gasteiger partial charge on any atom is -0.465 e. The molecule has 0 aliphatic carbocycles. The van der Waals surface area contributed by atoms with Gasteiger partial charge in [0.25, 0.3) is 0 Å². The maximum Gasteiger partial charge on any atom is 0.309 e. The Bertz CT molecular complexity index is 273. The first kappa shape index (κ1) is 16.0. The van der Waals surface area contributed by atoms with Crippen molar-refractivity contribution in [2.24, 2.45) is 5.92 Å². The Morgan fingerprint density at radius 3 is 2.47 bits per heavy atom. The number of hydrogen-bond acceptors (Lipinski definition) is 2. The van der Waals surface area contributed by atoms with Crippen molar-refractivity contribution in [2.75, 3.05) is 6.61 Å². The number of carbonyl (C=O) groups is 1. The molecule has 0 fully saturated rings. The Labute approximate surface area is 106 Å². The number of hydrogen-bond donors (Lipinski definition) is 0. The van der Waals surface area contributed by atoms with Crippen LogP contribution >= 0.6 is 0 Å². The molecule has 1 atom stereocenters. The van der Waals surface area contributed by atoms with E-state index in [1.165, 1.54) is 5.57 Å². The number of carbonyl (C=O) groups excluding carboxylic acids is 1. The van der Waals surface area contributed by atoms with Crippen LogP contribution in [0.5, 0.6) is 0 Å². The second kappa shape index (κ2) is 9.03. The largest absolute Gasteiger partial charge is 0.465 e. The Kier molecular flexibility index (Phi) is 8.47. The molecular formula is C15H26O2. The fraction of sp³-hybridized carbons (Fsp3) is 0.667. The Morgan fingerprint density at radius 1 is 1.29 bits per heavy atom. The summed E-state index contributed by atoms with van der Waals surface area (Å²) in [5.74, 6) is 0.442.